The van der Waals surface area contributed by atoms with E-state index in [2.05, 4.69) is 50.6 Å². The van der Waals surface area contributed by atoms with Crippen molar-refractivity contribution in [3.63, 3.8) is 0 Å². The normalized spacial score (nSPS) is 11.0. The van der Waals surface area contributed by atoms with Gasteiger partial charge in [-0.1, -0.05) is 36.4 Å². The predicted molar refractivity (Wildman–Crippen MR) is 109 cm³/mol. The fraction of sp³-hybridized carbons (Fsp3) is 0.100. The lowest BCUT2D eigenvalue weighted by atomic mass is 10.1. The van der Waals surface area contributed by atoms with Crippen LogP contribution in [0.3, 0.4) is 0 Å². The number of fused-ring (bicyclic) bond motifs is 1. The van der Waals surface area contributed by atoms with Crippen LogP contribution in [0.5, 0.6) is 0 Å². The van der Waals surface area contributed by atoms with Crippen LogP contribution in [0.4, 0.5) is 0 Å². The maximum absolute atomic E-state index is 12.6. The Morgan fingerprint density at radius 1 is 1.15 bits per heavy atom. The predicted octanol–water partition coefficient (Wildman–Crippen LogP) is 5.06. The molecule has 4 rings (SSSR count). The van der Waals surface area contributed by atoms with Gasteiger partial charge in [-0.15, -0.1) is 11.3 Å². The van der Waals surface area contributed by atoms with Gasteiger partial charge in [0.15, 0.2) is 5.69 Å². The molecule has 1 amide bonds. The number of aromatic nitrogens is 2. The molecule has 26 heavy (non-hydrogen) atoms. The fourth-order valence-corrected chi connectivity index (χ4v) is 4.07. The molecule has 0 fully saturated rings. The van der Waals surface area contributed by atoms with E-state index in [1.165, 1.54) is 0 Å². The second-order valence-electron chi connectivity index (χ2n) is 5.97. The first-order valence-corrected chi connectivity index (χ1v) is 9.85. The molecule has 4 aromatic rings. The van der Waals surface area contributed by atoms with E-state index in [1.807, 2.05) is 42.6 Å². The highest BCUT2D eigenvalue weighted by molar-refractivity contribution is 9.10. The van der Waals surface area contributed by atoms with E-state index < -0.39 is 0 Å². The van der Waals surface area contributed by atoms with Gasteiger partial charge in [-0.25, -0.2) is 4.52 Å². The van der Waals surface area contributed by atoms with E-state index in [0.29, 0.717) is 16.7 Å². The number of nitrogens with one attached hydrogen (secondary N) is 1. The van der Waals surface area contributed by atoms with Crippen LogP contribution in [0.2, 0.25) is 0 Å². The van der Waals surface area contributed by atoms with Crippen LogP contribution in [0.15, 0.2) is 64.5 Å². The number of hydrogen-bond acceptors (Lipinski definition) is 3. The van der Waals surface area contributed by atoms with Gasteiger partial charge in [0.1, 0.15) is 0 Å². The topological polar surface area (TPSA) is 46.4 Å². The summed E-state index contributed by atoms with van der Waals surface area (Å²) >= 11 is 5.19. The third-order valence-electron chi connectivity index (χ3n) is 4.18. The van der Waals surface area contributed by atoms with Gasteiger partial charge in [0.05, 0.1) is 16.5 Å². The van der Waals surface area contributed by atoms with Crippen LogP contribution in [-0.4, -0.2) is 15.5 Å². The van der Waals surface area contributed by atoms with Gasteiger partial charge in [-0.3, -0.25) is 4.79 Å². The number of rotatable bonds is 4. The monoisotopic (exact) mass is 425 g/mol. The lowest BCUT2D eigenvalue weighted by molar-refractivity contribution is 0.0945. The summed E-state index contributed by atoms with van der Waals surface area (Å²) in [5.74, 6) is -0.186. The highest BCUT2D eigenvalue weighted by Crippen LogP contribution is 2.29. The SMILES string of the molecule is Cc1cc(-c2ccccc2)cc2c(Br)c(C(=O)NCc3cccs3)nn12. The molecule has 0 aliphatic rings. The molecule has 0 unspecified atom stereocenters. The van der Waals surface area contributed by atoms with Gasteiger partial charge in [-0.05, 0) is 57.6 Å². The van der Waals surface area contributed by atoms with Crippen molar-refractivity contribution < 1.29 is 4.79 Å². The quantitative estimate of drug-likeness (QED) is 0.496. The van der Waals surface area contributed by atoms with Crippen molar-refractivity contribution in [3.8, 4) is 11.1 Å². The number of carbonyl (C=O) groups is 1. The molecule has 1 N–H and O–H groups in total. The maximum Gasteiger partial charge on any atom is 0.273 e. The molecule has 130 valence electrons. The third kappa shape index (κ3) is 3.18. The average Bonchev–Trinajstić information content (AvgIpc) is 3.29. The second-order valence-corrected chi connectivity index (χ2v) is 7.80. The summed E-state index contributed by atoms with van der Waals surface area (Å²) < 4.78 is 2.51. The summed E-state index contributed by atoms with van der Waals surface area (Å²) in [6, 6.07) is 18.3. The van der Waals surface area contributed by atoms with Crippen molar-refractivity contribution in [2.24, 2.45) is 0 Å². The van der Waals surface area contributed by atoms with Crippen LogP contribution >= 0.6 is 27.3 Å². The van der Waals surface area contributed by atoms with E-state index in [9.17, 15) is 4.79 Å². The van der Waals surface area contributed by atoms with Gasteiger partial charge in [0, 0.05) is 10.6 Å². The molecule has 0 bridgehead atoms. The molecule has 0 aliphatic carbocycles. The molecule has 3 heterocycles. The molecule has 1 aromatic carbocycles. The lowest BCUT2D eigenvalue weighted by Crippen LogP contribution is -2.23. The second kappa shape index (κ2) is 7.05. The zero-order valence-electron chi connectivity index (χ0n) is 14.1. The Hall–Kier alpha value is -2.44. The van der Waals surface area contributed by atoms with Crippen LogP contribution in [-0.2, 0) is 6.54 Å². The number of pyridine rings is 1. The standard InChI is InChI=1S/C20H16BrN3OS/c1-13-10-15(14-6-3-2-4-7-14)11-17-18(21)19(23-24(13)17)20(25)22-12-16-8-5-9-26-16/h2-11H,12H2,1H3,(H,22,25). The minimum atomic E-state index is -0.186. The van der Waals surface area contributed by atoms with E-state index in [0.717, 1.165) is 27.2 Å². The van der Waals surface area contributed by atoms with Crippen molar-refractivity contribution in [3.05, 3.63) is 80.7 Å². The molecule has 6 heteroatoms. The summed E-state index contributed by atoms with van der Waals surface area (Å²) in [4.78, 5) is 13.7. The summed E-state index contributed by atoms with van der Waals surface area (Å²) in [7, 11) is 0. The Bertz CT molecular complexity index is 1070. The van der Waals surface area contributed by atoms with Crippen LogP contribution in [0.25, 0.3) is 16.6 Å². The van der Waals surface area contributed by atoms with Gasteiger partial charge < -0.3 is 5.32 Å². The smallest absolute Gasteiger partial charge is 0.273 e. The fourth-order valence-electron chi connectivity index (χ4n) is 2.89. The Kier molecular flexibility index (Phi) is 4.61. The molecule has 0 radical (unpaired) electrons. The number of thiophene rings is 1. The van der Waals surface area contributed by atoms with E-state index in [4.69, 9.17) is 0 Å². The summed E-state index contributed by atoms with van der Waals surface area (Å²) in [5.41, 5.74) is 4.48. The number of aryl methyl sites for hydroxylation is 1. The van der Waals surface area contributed by atoms with E-state index in [-0.39, 0.29) is 5.91 Å². The van der Waals surface area contributed by atoms with Gasteiger partial charge in [0.2, 0.25) is 0 Å². The minimum absolute atomic E-state index is 0.186. The largest absolute Gasteiger partial charge is 0.346 e. The van der Waals surface area contributed by atoms with E-state index >= 15 is 0 Å². The maximum atomic E-state index is 12.6. The van der Waals surface area contributed by atoms with Crippen molar-refractivity contribution >= 4 is 38.7 Å². The Morgan fingerprint density at radius 2 is 1.96 bits per heavy atom. The van der Waals surface area contributed by atoms with Gasteiger partial charge in [0.25, 0.3) is 5.91 Å². The number of amides is 1. The molecule has 3 aromatic heterocycles. The zero-order chi connectivity index (χ0) is 18.1. The Labute approximate surface area is 163 Å². The van der Waals surface area contributed by atoms with E-state index in [1.54, 1.807) is 15.9 Å². The minimum Gasteiger partial charge on any atom is -0.346 e. The van der Waals surface area contributed by atoms with Crippen molar-refractivity contribution in [1.29, 1.82) is 0 Å². The number of carbonyl (C=O) groups excluding carboxylic acids is 1. The average molecular weight is 426 g/mol. The Morgan fingerprint density at radius 3 is 2.69 bits per heavy atom. The first-order valence-electron chi connectivity index (χ1n) is 8.18. The van der Waals surface area contributed by atoms with Crippen molar-refractivity contribution in [2.45, 2.75) is 13.5 Å². The number of nitrogens with zero attached hydrogens (tertiary/aromatic N) is 2. The van der Waals surface area contributed by atoms with Gasteiger partial charge in [-0.2, -0.15) is 5.10 Å². The first-order chi connectivity index (χ1) is 12.6. The highest BCUT2D eigenvalue weighted by atomic mass is 79.9. The molecule has 0 spiro atoms. The molecule has 0 aliphatic heterocycles. The number of halogens is 1. The van der Waals surface area contributed by atoms with Crippen LogP contribution in [0, 0.1) is 6.92 Å². The molecule has 4 nitrogen and oxygen atoms in total. The van der Waals surface area contributed by atoms with Crippen LogP contribution < -0.4 is 5.32 Å². The number of hydrogen-bond donors (Lipinski definition) is 1. The van der Waals surface area contributed by atoms with Crippen molar-refractivity contribution in [2.75, 3.05) is 0 Å². The molecule has 0 atom stereocenters. The first kappa shape index (κ1) is 17.0. The third-order valence-corrected chi connectivity index (χ3v) is 5.84. The zero-order valence-corrected chi connectivity index (χ0v) is 16.5. The van der Waals surface area contributed by atoms with Crippen LogP contribution in [0.1, 0.15) is 21.1 Å². The molecular formula is C20H16BrN3OS. The highest BCUT2D eigenvalue weighted by Gasteiger charge is 2.19. The summed E-state index contributed by atoms with van der Waals surface area (Å²) in [5, 5.41) is 9.44. The van der Waals surface area contributed by atoms with Gasteiger partial charge >= 0.3 is 0 Å². The molecule has 0 saturated heterocycles. The molecular weight excluding hydrogens is 410 g/mol. The summed E-state index contributed by atoms with van der Waals surface area (Å²) in [6.07, 6.45) is 0. The molecule has 0 saturated carbocycles. The number of benzene rings is 1. The van der Waals surface area contributed by atoms with Crippen molar-refractivity contribution in [1.82, 2.24) is 14.9 Å². The Balaban J connectivity index is 1.70. The lowest BCUT2D eigenvalue weighted by Gasteiger charge is -2.05. The summed E-state index contributed by atoms with van der Waals surface area (Å²) in [6.45, 7) is 2.50.